The SMILES string of the molecule is Cc1nc2nc(C(=O)NCc3ccccc3)[nH]n2c(=O)c1Cl. The second-order valence-corrected chi connectivity index (χ2v) is 5.07. The van der Waals surface area contributed by atoms with Gasteiger partial charge in [-0.2, -0.15) is 9.50 Å². The quantitative estimate of drug-likeness (QED) is 0.762. The number of carbonyl (C=O) groups excluding carboxylic acids is 1. The van der Waals surface area contributed by atoms with Crippen molar-refractivity contribution < 1.29 is 4.79 Å². The summed E-state index contributed by atoms with van der Waals surface area (Å²) >= 11 is 5.84. The Labute approximate surface area is 130 Å². The maximum atomic E-state index is 12.1. The molecule has 1 amide bonds. The number of nitrogens with zero attached hydrogens (tertiary/aromatic N) is 3. The summed E-state index contributed by atoms with van der Waals surface area (Å²) in [5.41, 5.74) is 0.842. The van der Waals surface area contributed by atoms with E-state index < -0.39 is 11.5 Å². The average molecular weight is 318 g/mol. The van der Waals surface area contributed by atoms with Gasteiger partial charge in [0.05, 0.1) is 5.69 Å². The summed E-state index contributed by atoms with van der Waals surface area (Å²) in [6.45, 7) is 1.96. The van der Waals surface area contributed by atoms with Gasteiger partial charge in [0.25, 0.3) is 17.2 Å². The van der Waals surface area contributed by atoms with E-state index in [-0.39, 0.29) is 16.6 Å². The number of amides is 1. The van der Waals surface area contributed by atoms with Gasteiger partial charge >= 0.3 is 0 Å². The number of halogens is 1. The van der Waals surface area contributed by atoms with Crippen molar-refractivity contribution in [3.05, 3.63) is 62.8 Å². The smallest absolute Gasteiger partial charge is 0.293 e. The van der Waals surface area contributed by atoms with Gasteiger partial charge in [-0.3, -0.25) is 14.7 Å². The number of fused-ring (bicyclic) bond motifs is 1. The lowest BCUT2D eigenvalue weighted by Crippen LogP contribution is -2.24. The normalized spacial score (nSPS) is 10.8. The van der Waals surface area contributed by atoms with Crippen LogP contribution >= 0.6 is 11.6 Å². The maximum absolute atomic E-state index is 12.1. The number of benzene rings is 1. The first-order valence-electron chi connectivity index (χ1n) is 6.53. The largest absolute Gasteiger partial charge is 0.345 e. The van der Waals surface area contributed by atoms with Crippen LogP contribution in [0.15, 0.2) is 35.1 Å². The number of hydrogen-bond acceptors (Lipinski definition) is 4. The molecule has 0 spiro atoms. The van der Waals surface area contributed by atoms with Crippen LogP contribution in [0.2, 0.25) is 5.02 Å². The van der Waals surface area contributed by atoms with Crippen LogP contribution < -0.4 is 10.9 Å². The number of carbonyl (C=O) groups is 1. The van der Waals surface area contributed by atoms with Crippen LogP contribution in [0.3, 0.4) is 0 Å². The Morgan fingerprint density at radius 3 is 2.77 bits per heavy atom. The van der Waals surface area contributed by atoms with Crippen molar-refractivity contribution in [1.82, 2.24) is 24.9 Å². The highest BCUT2D eigenvalue weighted by atomic mass is 35.5. The molecule has 1 aromatic carbocycles. The van der Waals surface area contributed by atoms with Crippen LogP contribution in [0, 0.1) is 6.92 Å². The first kappa shape index (κ1) is 14.3. The molecule has 0 saturated carbocycles. The minimum absolute atomic E-state index is 0.00203. The molecule has 22 heavy (non-hydrogen) atoms. The predicted octanol–water partition coefficient (Wildman–Crippen LogP) is 1.31. The molecule has 112 valence electrons. The second-order valence-electron chi connectivity index (χ2n) is 4.69. The van der Waals surface area contributed by atoms with Crippen molar-refractivity contribution in [2.45, 2.75) is 13.5 Å². The number of rotatable bonds is 3. The zero-order valence-corrected chi connectivity index (χ0v) is 12.4. The van der Waals surface area contributed by atoms with Crippen molar-refractivity contribution >= 4 is 23.3 Å². The molecule has 2 aromatic heterocycles. The molecule has 0 unspecified atom stereocenters. The molecule has 0 aliphatic carbocycles. The number of hydrogen-bond donors (Lipinski definition) is 2. The number of aromatic amines is 1. The first-order chi connectivity index (χ1) is 10.6. The van der Waals surface area contributed by atoms with E-state index in [1.807, 2.05) is 30.3 Å². The summed E-state index contributed by atoms with van der Waals surface area (Å²) in [5.74, 6) is -0.318. The average Bonchev–Trinajstić information content (AvgIpc) is 2.95. The summed E-state index contributed by atoms with van der Waals surface area (Å²) in [5, 5.41) is 5.32. The van der Waals surface area contributed by atoms with Gasteiger partial charge in [-0.05, 0) is 12.5 Å². The predicted molar refractivity (Wildman–Crippen MR) is 81.0 cm³/mol. The molecule has 3 aromatic rings. The van der Waals surface area contributed by atoms with Crippen LogP contribution in [0.4, 0.5) is 0 Å². The number of aromatic nitrogens is 4. The highest BCUT2D eigenvalue weighted by Crippen LogP contribution is 2.07. The van der Waals surface area contributed by atoms with Crippen LogP contribution in [0.25, 0.3) is 5.78 Å². The van der Waals surface area contributed by atoms with E-state index in [1.54, 1.807) is 6.92 Å². The van der Waals surface area contributed by atoms with Gasteiger partial charge in [-0.15, -0.1) is 0 Å². The maximum Gasteiger partial charge on any atom is 0.293 e. The molecular formula is C14H12ClN5O2. The van der Waals surface area contributed by atoms with E-state index in [1.165, 1.54) is 0 Å². The summed E-state index contributed by atoms with van der Waals surface area (Å²) in [7, 11) is 0. The topological polar surface area (TPSA) is 92.2 Å². The molecule has 0 radical (unpaired) electrons. The van der Waals surface area contributed by atoms with Crippen molar-refractivity contribution in [2.24, 2.45) is 0 Å². The molecule has 8 heteroatoms. The van der Waals surface area contributed by atoms with Crippen LogP contribution in [-0.4, -0.2) is 25.5 Å². The third-order valence-corrected chi connectivity index (χ3v) is 3.55. The number of nitrogens with one attached hydrogen (secondary N) is 2. The summed E-state index contributed by atoms with van der Waals surface area (Å²) in [6, 6.07) is 9.46. The Balaban J connectivity index is 1.86. The highest BCUT2D eigenvalue weighted by molar-refractivity contribution is 6.31. The van der Waals surface area contributed by atoms with Crippen LogP contribution in [-0.2, 0) is 6.54 Å². The van der Waals surface area contributed by atoms with E-state index in [0.29, 0.717) is 12.2 Å². The van der Waals surface area contributed by atoms with Crippen LogP contribution in [0.1, 0.15) is 21.9 Å². The number of H-pyrrole nitrogens is 1. The Morgan fingerprint density at radius 2 is 2.05 bits per heavy atom. The van der Waals surface area contributed by atoms with Crippen molar-refractivity contribution in [3.8, 4) is 0 Å². The monoisotopic (exact) mass is 317 g/mol. The zero-order valence-electron chi connectivity index (χ0n) is 11.6. The fourth-order valence-electron chi connectivity index (χ4n) is 1.96. The molecule has 2 N–H and O–H groups in total. The van der Waals surface area contributed by atoms with E-state index in [0.717, 1.165) is 10.1 Å². The van der Waals surface area contributed by atoms with Crippen molar-refractivity contribution in [2.75, 3.05) is 0 Å². The molecule has 0 fully saturated rings. The van der Waals surface area contributed by atoms with Gasteiger partial charge in [-0.25, -0.2) is 4.98 Å². The Morgan fingerprint density at radius 1 is 1.32 bits per heavy atom. The number of aryl methyl sites for hydroxylation is 1. The second kappa shape index (κ2) is 5.61. The fraction of sp³-hybridized carbons (Fsp3) is 0.143. The molecule has 0 saturated heterocycles. The van der Waals surface area contributed by atoms with E-state index in [4.69, 9.17) is 11.6 Å². The van der Waals surface area contributed by atoms with Gasteiger partial charge in [0, 0.05) is 6.54 Å². The molecule has 2 heterocycles. The van der Waals surface area contributed by atoms with Crippen LogP contribution in [0.5, 0.6) is 0 Å². The lowest BCUT2D eigenvalue weighted by Gasteiger charge is -2.02. The van der Waals surface area contributed by atoms with Crippen molar-refractivity contribution in [1.29, 1.82) is 0 Å². The Hall–Kier alpha value is -2.67. The van der Waals surface area contributed by atoms with Gasteiger partial charge in [0.15, 0.2) is 0 Å². The minimum atomic E-state index is -0.487. The molecular weight excluding hydrogens is 306 g/mol. The third kappa shape index (κ3) is 2.58. The highest BCUT2D eigenvalue weighted by Gasteiger charge is 2.15. The van der Waals surface area contributed by atoms with E-state index >= 15 is 0 Å². The standard InChI is InChI=1S/C14H12ClN5O2/c1-8-10(15)13(22)20-14(17-8)18-11(19-20)12(21)16-7-9-5-3-2-4-6-9/h2-6H,7H2,1H3,(H,16,21)(H,17,18,19). The molecule has 0 atom stereocenters. The lowest BCUT2D eigenvalue weighted by atomic mass is 10.2. The molecule has 7 nitrogen and oxygen atoms in total. The summed E-state index contributed by atoms with van der Waals surface area (Å²) in [4.78, 5) is 32.1. The van der Waals surface area contributed by atoms with Crippen molar-refractivity contribution in [3.63, 3.8) is 0 Å². The first-order valence-corrected chi connectivity index (χ1v) is 6.91. The summed E-state index contributed by atoms with van der Waals surface area (Å²) < 4.78 is 1.05. The Bertz CT molecular complexity index is 901. The van der Waals surface area contributed by atoms with E-state index in [9.17, 15) is 9.59 Å². The molecule has 0 aliphatic heterocycles. The van der Waals surface area contributed by atoms with Gasteiger partial charge in [0.2, 0.25) is 5.82 Å². The fourth-order valence-corrected chi connectivity index (χ4v) is 2.09. The molecule has 3 rings (SSSR count). The molecule has 0 aliphatic rings. The third-order valence-electron chi connectivity index (χ3n) is 3.12. The van der Waals surface area contributed by atoms with Gasteiger partial charge < -0.3 is 5.32 Å². The van der Waals surface area contributed by atoms with Gasteiger partial charge in [0.1, 0.15) is 5.02 Å². The van der Waals surface area contributed by atoms with Gasteiger partial charge in [-0.1, -0.05) is 41.9 Å². The zero-order chi connectivity index (χ0) is 15.7. The Kier molecular flexibility index (Phi) is 3.64. The lowest BCUT2D eigenvalue weighted by molar-refractivity contribution is 0.0940. The summed E-state index contributed by atoms with van der Waals surface area (Å²) in [6.07, 6.45) is 0. The van der Waals surface area contributed by atoms with E-state index in [2.05, 4.69) is 20.4 Å². The molecule has 0 bridgehead atoms. The minimum Gasteiger partial charge on any atom is -0.345 e.